The monoisotopic (exact) mass is 487 g/mol. The summed E-state index contributed by atoms with van der Waals surface area (Å²) in [5, 5.41) is 13.6. The van der Waals surface area contributed by atoms with Crippen molar-refractivity contribution >= 4 is 46.6 Å². The van der Waals surface area contributed by atoms with Crippen LogP contribution in [-0.2, 0) is 9.59 Å². The lowest BCUT2D eigenvalue weighted by Gasteiger charge is -2.15. The summed E-state index contributed by atoms with van der Waals surface area (Å²) in [4.78, 5) is 39.6. The number of thioether (sulfide) groups is 1. The van der Waals surface area contributed by atoms with Crippen LogP contribution in [0.2, 0.25) is 5.02 Å². The first-order valence-corrected chi connectivity index (χ1v) is 11.2. The first-order valence-electron chi connectivity index (χ1n) is 9.97. The number of nitrogens with one attached hydrogen (secondary N) is 3. The molecule has 172 valence electrons. The van der Waals surface area contributed by atoms with E-state index in [4.69, 9.17) is 16.3 Å². The number of halogens is 1. The highest BCUT2D eigenvalue weighted by Gasteiger charge is 2.21. The molecular weight excluding hydrogens is 466 g/mol. The van der Waals surface area contributed by atoms with Gasteiger partial charge in [-0.05, 0) is 30.7 Å². The highest BCUT2D eigenvalue weighted by atomic mass is 35.5. The number of carbonyl (C=O) groups excluding carboxylic acids is 2. The van der Waals surface area contributed by atoms with E-state index in [2.05, 4.69) is 25.8 Å². The lowest BCUT2D eigenvalue weighted by atomic mass is 10.1. The van der Waals surface area contributed by atoms with Gasteiger partial charge >= 0.3 is 0 Å². The van der Waals surface area contributed by atoms with Gasteiger partial charge in [-0.15, -0.1) is 10.2 Å². The fraction of sp³-hybridized carbons (Fsp3) is 0.227. The molecule has 0 bridgehead atoms. The largest absolute Gasteiger partial charge is 0.495 e. The van der Waals surface area contributed by atoms with Crippen molar-refractivity contribution in [2.45, 2.75) is 30.7 Å². The molecule has 3 aromatic rings. The number of para-hydroxylation sites is 1. The molecule has 1 unspecified atom stereocenters. The lowest BCUT2D eigenvalue weighted by Crippen LogP contribution is -2.25. The molecule has 0 aliphatic heterocycles. The number of amides is 2. The topological polar surface area (TPSA) is 126 Å². The Bertz CT molecular complexity index is 1230. The van der Waals surface area contributed by atoms with Gasteiger partial charge in [-0.25, -0.2) is 0 Å². The third-order valence-corrected chi connectivity index (χ3v) is 6.04. The van der Waals surface area contributed by atoms with Crippen LogP contribution in [-0.4, -0.2) is 39.4 Å². The van der Waals surface area contributed by atoms with E-state index in [1.165, 1.54) is 14.0 Å². The van der Waals surface area contributed by atoms with Gasteiger partial charge in [-0.2, -0.15) is 0 Å². The van der Waals surface area contributed by atoms with E-state index in [9.17, 15) is 14.4 Å². The molecule has 0 aliphatic rings. The van der Waals surface area contributed by atoms with Crippen molar-refractivity contribution < 1.29 is 14.3 Å². The minimum Gasteiger partial charge on any atom is -0.495 e. The standard InChI is InChI=1S/C22H22ClN5O4S/c1-4-18(20(30)25-13-9-10-17(32-3)15(23)11-13)33-22-26-21(31)19(27-28-22)14-7-5-6-8-16(14)24-12(2)29/h5-11,18H,4H2,1-3H3,(H,24,29)(H,25,30)(H,26,28,31). The van der Waals surface area contributed by atoms with Gasteiger partial charge in [0, 0.05) is 18.2 Å². The Morgan fingerprint density at radius 2 is 1.94 bits per heavy atom. The second-order valence-corrected chi connectivity index (χ2v) is 8.49. The number of methoxy groups -OCH3 is 1. The third-order valence-electron chi connectivity index (χ3n) is 4.51. The summed E-state index contributed by atoms with van der Waals surface area (Å²) in [5.41, 5.74) is 0.999. The number of anilines is 2. The molecule has 9 nitrogen and oxygen atoms in total. The second kappa shape index (κ2) is 11.0. The Hall–Kier alpha value is -3.37. The number of nitrogens with zero attached hydrogens (tertiary/aromatic N) is 2. The summed E-state index contributed by atoms with van der Waals surface area (Å²) >= 11 is 7.21. The normalized spacial score (nSPS) is 11.5. The minimum atomic E-state index is -0.534. The van der Waals surface area contributed by atoms with Gasteiger partial charge in [-0.3, -0.25) is 19.4 Å². The summed E-state index contributed by atoms with van der Waals surface area (Å²) in [6.45, 7) is 3.23. The molecule has 0 radical (unpaired) electrons. The zero-order valence-corrected chi connectivity index (χ0v) is 19.7. The SMILES string of the molecule is CCC(Sc1nnc(-c2ccccc2NC(C)=O)c(=O)[nH]1)C(=O)Nc1ccc(OC)c(Cl)c1. The van der Waals surface area contributed by atoms with E-state index in [1.54, 1.807) is 42.5 Å². The molecule has 11 heteroatoms. The Labute approximate surface area is 199 Å². The Kier molecular flexibility index (Phi) is 8.07. The van der Waals surface area contributed by atoms with Crippen molar-refractivity contribution in [1.82, 2.24) is 15.2 Å². The van der Waals surface area contributed by atoms with Crippen molar-refractivity contribution in [1.29, 1.82) is 0 Å². The molecule has 33 heavy (non-hydrogen) atoms. The van der Waals surface area contributed by atoms with E-state index in [1.807, 2.05) is 6.92 Å². The van der Waals surface area contributed by atoms with Crippen LogP contribution in [0, 0.1) is 0 Å². The van der Waals surface area contributed by atoms with Crippen LogP contribution in [0.3, 0.4) is 0 Å². The average Bonchev–Trinajstić information content (AvgIpc) is 2.78. The molecule has 0 spiro atoms. The fourth-order valence-electron chi connectivity index (χ4n) is 2.96. The van der Waals surface area contributed by atoms with Crippen LogP contribution in [0.1, 0.15) is 20.3 Å². The molecule has 3 N–H and O–H groups in total. The predicted molar refractivity (Wildman–Crippen MR) is 129 cm³/mol. The minimum absolute atomic E-state index is 0.0640. The third kappa shape index (κ3) is 6.11. The zero-order valence-electron chi connectivity index (χ0n) is 18.1. The number of H-pyrrole nitrogens is 1. The molecule has 2 aromatic carbocycles. The van der Waals surface area contributed by atoms with Crippen LogP contribution in [0.5, 0.6) is 5.75 Å². The van der Waals surface area contributed by atoms with E-state index in [0.29, 0.717) is 34.1 Å². The number of benzene rings is 2. The first-order chi connectivity index (χ1) is 15.8. The maximum absolute atomic E-state index is 12.7. The molecule has 1 atom stereocenters. The number of ether oxygens (including phenoxy) is 1. The van der Waals surface area contributed by atoms with Crippen LogP contribution >= 0.6 is 23.4 Å². The summed E-state index contributed by atoms with van der Waals surface area (Å²) < 4.78 is 5.11. The van der Waals surface area contributed by atoms with Crippen LogP contribution in [0.25, 0.3) is 11.3 Å². The quantitative estimate of drug-likeness (QED) is 0.410. The van der Waals surface area contributed by atoms with E-state index >= 15 is 0 Å². The number of hydrogen-bond donors (Lipinski definition) is 3. The van der Waals surface area contributed by atoms with E-state index in [0.717, 1.165) is 11.8 Å². The van der Waals surface area contributed by atoms with Crippen LogP contribution in [0.15, 0.2) is 52.4 Å². The van der Waals surface area contributed by atoms with Crippen molar-refractivity contribution in [3.63, 3.8) is 0 Å². The molecule has 1 heterocycles. The van der Waals surface area contributed by atoms with Gasteiger partial charge in [0.25, 0.3) is 5.56 Å². The van der Waals surface area contributed by atoms with Crippen LogP contribution in [0.4, 0.5) is 11.4 Å². The van der Waals surface area contributed by atoms with Gasteiger partial charge in [0.1, 0.15) is 5.75 Å². The fourth-order valence-corrected chi connectivity index (χ4v) is 4.06. The summed E-state index contributed by atoms with van der Waals surface area (Å²) in [7, 11) is 1.51. The Morgan fingerprint density at radius 1 is 1.18 bits per heavy atom. The predicted octanol–water partition coefficient (Wildman–Crippen LogP) is 3.96. The van der Waals surface area contributed by atoms with Gasteiger partial charge in [0.2, 0.25) is 11.8 Å². The van der Waals surface area contributed by atoms with Gasteiger partial charge in [0.15, 0.2) is 10.9 Å². The van der Waals surface area contributed by atoms with Crippen LogP contribution < -0.4 is 20.9 Å². The molecule has 2 amide bonds. The Balaban J connectivity index is 1.77. The number of aromatic nitrogens is 3. The van der Waals surface area contributed by atoms with Crippen molar-refractivity contribution in [3.05, 3.63) is 57.8 Å². The zero-order chi connectivity index (χ0) is 24.0. The molecule has 0 saturated carbocycles. The smallest absolute Gasteiger partial charge is 0.278 e. The highest BCUT2D eigenvalue weighted by molar-refractivity contribution is 8.00. The number of carbonyl (C=O) groups is 2. The van der Waals surface area contributed by atoms with Crippen molar-refractivity contribution in [3.8, 4) is 17.0 Å². The summed E-state index contributed by atoms with van der Waals surface area (Å²) in [6.07, 6.45) is 0.483. The number of aromatic amines is 1. The lowest BCUT2D eigenvalue weighted by molar-refractivity contribution is -0.116. The maximum Gasteiger partial charge on any atom is 0.278 e. The Morgan fingerprint density at radius 3 is 2.58 bits per heavy atom. The maximum atomic E-state index is 12.7. The van der Waals surface area contributed by atoms with Gasteiger partial charge in [0.05, 0.1) is 23.1 Å². The molecule has 0 fully saturated rings. The second-order valence-electron chi connectivity index (χ2n) is 6.89. The molecule has 0 aliphatic carbocycles. The first kappa shape index (κ1) is 24.3. The van der Waals surface area contributed by atoms with Crippen molar-refractivity contribution in [2.75, 3.05) is 17.7 Å². The van der Waals surface area contributed by atoms with E-state index < -0.39 is 10.8 Å². The molecule has 3 rings (SSSR count). The van der Waals surface area contributed by atoms with Gasteiger partial charge < -0.3 is 15.4 Å². The van der Waals surface area contributed by atoms with E-state index in [-0.39, 0.29) is 22.7 Å². The molecule has 0 saturated heterocycles. The average molecular weight is 488 g/mol. The summed E-state index contributed by atoms with van der Waals surface area (Å²) in [6, 6.07) is 11.7. The highest BCUT2D eigenvalue weighted by Crippen LogP contribution is 2.29. The molecular formula is C22H22ClN5O4S. The molecule has 1 aromatic heterocycles. The number of rotatable bonds is 8. The van der Waals surface area contributed by atoms with Crippen molar-refractivity contribution in [2.24, 2.45) is 0 Å². The summed E-state index contributed by atoms with van der Waals surface area (Å²) in [5.74, 6) is -0.0375. The van der Waals surface area contributed by atoms with Gasteiger partial charge in [-0.1, -0.05) is 48.5 Å². The number of hydrogen-bond acceptors (Lipinski definition) is 7.